The molecule has 1 aromatic heterocycles. The number of thiophene rings is 1. The number of aromatic hydroxyl groups is 1. The highest BCUT2D eigenvalue weighted by Gasteiger charge is 2.22. The summed E-state index contributed by atoms with van der Waals surface area (Å²) in [6.45, 7) is 0. The average Bonchev–Trinajstić information content (AvgIpc) is 3.04. The molecule has 152 valence electrons. The van der Waals surface area contributed by atoms with E-state index in [0.717, 1.165) is 23.5 Å². The Morgan fingerprint density at radius 2 is 1.93 bits per heavy atom. The largest absolute Gasteiger partial charge is 0.507 e. The van der Waals surface area contributed by atoms with Gasteiger partial charge in [0, 0.05) is 11.6 Å². The second-order valence-electron chi connectivity index (χ2n) is 5.85. The number of carboxylic acids is 1. The van der Waals surface area contributed by atoms with E-state index in [-0.39, 0.29) is 19.8 Å². The molecule has 0 spiro atoms. The average molecular weight is 455 g/mol. The third kappa shape index (κ3) is 4.24. The van der Waals surface area contributed by atoms with Crippen LogP contribution in [0.25, 0.3) is 11.1 Å². The number of benzene rings is 2. The van der Waals surface area contributed by atoms with Crippen LogP contribution in [0.1, 0.15) is 10.4 Å². The van der Waals surface area contributed by atoms with Gasteiger partial charge in [-0.05, 0) is 35.9 Å². The van der Waals surface area contributed by atoms with Crippen molar-refractivity contribution in [3.05, 3.63) is 52.4 Å². The zero-order chi connectivity index (χ0) is 21.3. The Balaban J connectivity index is 1.93. The maximum absolute atomic E-state index is 12.7. The van der Waals surface area contributed by atoms with Crippen molar-refractivity contribution >= 4 is 50.3 Å². The number of anilines is 2. The summed E-state index contributed by atoms with van der Waals surface area (Å²) in [5, 5.41) is 18.7. The topological polar surface area (TPSA) is 139 Å². The minimum Gasteiger partial charge on any atom is -0.507 e. The van der Waals surface area contributed by atoms with Gasteiger partial charge < -0.3 is 20.7 Å². The van der Waals surface area contributed by atoms with Crippen LogP contribution in [-0.4, -0.2) is 31.7 Å². The maximum atomic E-state index is 12.7. The molecule has 1 heterocycles. The van der Waals surface area contributed by atoms with Gasteiger partial charge in [0.15, 0.2) is 0 Å². The highest BCUT2D eigenvalue weighted by molar-refractivity contribution is 7.94. The minimum absolute atomic E-state index is 0.00673. The van der Waals surface area contributed by atoms with Gasteiger partial charge in [0.2, 0.25) is 0 Å². The Hall–Kier alpha value is -2.95. The van der Waals surface area contributed by atoms with Gasteiger partial charge in [-0.1, -0.05) is 17.7 Å². The number of halogens is 1. The molecule has 8 nitrogen and oxygen atoms in total. The maximum Gasteiger partial charge on any atom is 0.339 e. The number of ether oxygens (including phenoxy) is 1. The molecule has 0 unspecified atom stereocenters. The van der Waals surface area contributed by atoms with Crippen molar-refractivity contribution in [2.24, 2.45) is 0 Å². The molecule has 29 heavy (non-hydrogen) atoms. The Morgan fingerprint density at radius 1 is 1.21 bits per heavy atom. The zero-order valence-corrected chi connectivity index (χ0v) is 17.2. The Labute approximate surface area is 175 Å². The van der Waals surface area contributed by atoms with Crippen LogP contribution in [0.3, 0.4) is 0 Å². The van der Waals surface area contributed by atoms with Crippen molar-refractivity contribution in [2.75, 3.05) is 17.6 Å². The normalized spacial score (nSPS) is 11.2. The van der Waals surface area contributed by atoms with E-state index in [1.165, 1.54) is 19.2 Å². The molecule has 0 aliphatic rings. The molecule has 5 N–H and O–H groups in total. The van der Waals surface area contributed by atoms with E-state index in [9.17, 15) is 18.3 Å². The van der Waals surface area contributed by atoms with Crippen LogP contribution in [-0.2, 0) is 10.0 Å². The summed E-state index contributed by atoms with van der Waals surface area (Å²) in [5.74, 6) is -1.40. The molecule has 0 atom stereocenters. The summed E-state index contributed by atoms with van der Waals surface area (Å²) in [6.07, 6.45) is 0. The SMILES string of the molecule is COc1ccc(-c2cc(S(=O)(=O)Nc3ccc(C(=O)O)c(O)c3)sc2Cl)cc1N. The summed E-state index contributed by atoms with van der Waals surface area (Å²) < 4.78 is 33.0. The second-order valence-corrected chi connectivity index (χ2v) is 9.42. The molecule has 0 saturated heterocycles. The molecule has 0 saturated carbocycles. The van der Waals surface area contributed by atoms with Gasteiger partial charge in [-0.15, -0.1) is 11.3 Å². The highest BCUT2D eigenvalue weighted by Crippen LogP contribution is 2.40. The highest BCUT2D eigenvalue weighted by atomic mass is 35.5. The van der Waals surface area contributed by atoms with Gasteiger partial charge in [-0.2, -0.15) is 0 Å². The first-order valence-electron chi connectivity index (χ1n) is 7.94. The number of rotatable bonds is 6. The summed E-state index contributed by atoms with van der Waals surface area (Å²) >= 11 is 7.09. The van der Waals surface area contributed by atoms with Crippen molar-refractivity contribution in [3.63, 3.8) is 0 Å². The molecular weight excluding hydrogens is 440 g/mol. The molecule has 0 bridgehead atoms. The lowest BCUT2D eigenvalue weighted by Gasteiger charge is -2.08. The molecule has 0 aliphatic heterocycles. The summed E-state index contributed by atoms with van der Waals surface area (Å²) in [5.41, 5.74) is 7.05. The van der Waals surface area contributed by atoms with E-state index in [1.54, 1.807) is 18.2 Å². The quantitative estimate of drug-likeness (QED) is 0.414. The molecular formula is C18H15ClN2O6S2. The number of nitrogens with two attached hydrogens (primary N) is 1. The Kier molecular flexibility index (Phi) is 5.60. The van der Waals surface area contributed by atoms with E-state index in [2.05, 4.69) is 4.72 Å². The van der Waals surface area contributed by atoms with Crippen molar-refractivity contribution in [1.82, 2.24) is 0 Å². The molecule has 0 fully saturated rings. The molecule has 0 amide bonds. The van der Waals surface area contributed by atoms with Crippen LogP contribution in [0.5, 0.6) is 11.5 Å². The predicted molar refractivity (Wildman–Crippen MR) is 112 cm³/mol. The standard InChI is InChI=1S/C18H15ClN2O6S2/c1-27-15-5-2-9(6-13(15)20)12-8-16(28-17(12)19)29(25,26)21-10-3-4-11(18(23)24)14(22)7-10/h2-8,21-22H,20H2,1H3,(H,23,24). The first-order valence-corrected chi connectivity index (χ1v) is 10.6. The smallest absolute Gasteiger partial charge is 0.339 e. The van der Waals surface area contributed by atoms with Gasteiger partial charge in [-0.25, -0.2) is 13.2 Å². The first-order chi connectivity index (χ1) is 13.6. The van der Waals surface area contributed by atoms with Crippen LogP contribution < -0.4 is 15.2 Å². The van der Waals surface area contributed by atoms with Crippen LogP contribution >= 0.6 is 22.9 Å². The summed E-state index contributed by atoms with van der Waals surface area (Å²) in [6, 6.07) is 9.74. The number of methoxy groups -OCH3 is 1. The number of carboxylic acid groups (broad SMARTS) is 1. The summed E-state index contributed by atoms with van der Waals surface area (Å²) in [4.78, 5) is 11.0. The lowest BCUT2D eigenvalue weighted by Crippen LogP contribution is -2.11. The lowest BCUT2D eigenvalue weighted by atomic mass is 10.1. The number of phenols is 1. The third-order valence-corrected chi connectivity index (χ3v) is 7.16. The second kappa shape index (κ2) is 7.82. The van der Waals surface area contributed by atoms with Gasteiger partial charge in [0.05, 0.1) is 18.5 Å². The fraction of sp³-hybridized carbons (Fsp3) is 0.0556. The first kappa shape index (κ1) is 20.8. The van der Waals surface area contributed by atoms with Crippen molar-refractivity contribution < 1.29 is 28.2 Å². The zero-order valence-electron chi connectivity index (χ0n) is 14.8. The van der Waals surface area contributed by atoms with E-state index in [1.807, 2.05) is 0 Å². The van der Waals surface area contributed by atoms with Crippen LogP contribution in [0.2, 0.25) is 4.34 Å². The van der Waals surface area contributed by atoms with Crippen LogP contribution in [0.4, 0.5) is 11.4 Å². The number of nitrogens with one attached hydrogen (secondary N) is 1. The number of carbonyl (C=O) groups is 1. The van der Waals surface area contributed by atoms with Crippen molar-refractivity contribution in [2.45, 2.75) is 4.21 Å². The van der Waals surface area contributed by atoms with Gasteiger partial charge >= 0.3 is 5.97 Å². The minimum atomic E-state index is -4.03. The van der Waals surface area contributed by atoms with Gasteiger partial charge in [0.25, 0.3) is 10.0 Å². The molecule has 0 radical (unpaired) electrons. The molecule has 3 aromatic rings. The van der Waals surface area contributed by atoms with Gasteiger partial charge in [0.1, 0.15) is 25.6 Å². The molecule has 3 rings (SSSR count). The van der Waals surface area contributed by atoms with Gasteiger partial charge in [-0.3, -0.25) is 4.72 Å². The monoisotopic (exact) mass is 454 g/mol. The molecule has 11 heteroatoms. The molecule has 0 aliphatic carbocycles. The fourth-order valence-corrected chi connectivity index (χ4v) is 5.38. The van der Waals surface area contributed by atoms with Crippen molar-refractivity contribution in [3.8, 4) is 22.6 Å². The number of hydrogen-bond donors (Lipinski definition) is 4. The van der Waals surface area contributed by atoms with Crippen LogP contribution in [0.15, 0.2) is 46.7 Å². The van der Waals surface area contributed by atoms with Crippen molar-refractivity contribution in [1.29, 1.82) is 0 Å². The third-order valence-electron chi connectivity index (χ3n) is 3.95. The van der Waals surface area contributed by atoms with Crippen LogP contribution in [0, 0.1) is 0 Å². The van der Waals surface area contributed by atoms with E-state index >= 15 is 0 Å². The fourth-order valence-electron chi connectivity index (χ4n) is 2.56. The Bertz CT molecular complexity index is 1210. The Morgan fingerprint density at radius 3 is 2.52 bits per heavy atom. The van der Waals surface area contributed by atoms with E-state index in [0.29, 0.717) is 22.6 Å². The number of sulfonamides is 1. The number of aromatic carboxylic acids is 1. The predicted octanol–water partition coefficient (Wildman–Crippen LogP) is 3.86. The lowest BCUT2D eigenvalue weighted by molar-refractivity contribution is 0.0694. The molecule has 2 aromatic carbocycles. The van der Waals surface area contributed by atoms with E-state index in [4.69, 9.17) is 27.2 Å². The van der Waals surface area contributed by atoms with E-state index < -0.39 is 21.7 Å². The summed E-state index contributed by atoms with van der Waals surface area (Å²) in [7, 11) is -2.54. The number of hydrogen-bond acceptors (Lipinski definition) is 7. The number of nitrogen functional groups attached to an aromatic ring is 1.